The van der Waals surface area contributed by atoms with E-state index in [9.17, 15) is 10.1 Å². The lowest BCUT2D eigenvalue weighted by Crippen LogP contribution is -2.64. The molecule has 5 heteroatoms. The second-order valence-corrected chi connectivity index (χ2v) is 7.62. The molecule has 4 saturated carbocycles. The fourth-order valence-corrected chi connectivity index (χ4v) is 6.09. The van der Waals surface area contributed by atoms with Crippen molar-refractivity contribution in [3.8, 4) is 0 Å². The van der Waals surface area contributed by atoms with E-state index in [1.807, 2.05) is 0 Å². The lowest BCUT2D eigenvalue weighted by molar-refractivity contribution is -0.761. The third-order valence-corrected chi connectivity index (χ3v) is 5.60. The van der Waals surface area contributed by atoms with Crippen molar-refractivity contribution in [2.75, 3.05) is 6.61 Å². The molecule has 0 aromatic rings. The first-order valence-corrected chi connectivity index (χ1v) is 7.45. The molecule has 4 rings (SSSR count). The molecule has 4 fully saturated rings. The molecule has 108 valence electrons. The molecule has 2 N–H and O–H groups in total. The third-order valence-electron chi connectivity index (χ3n) is 5.60. The Hall–Kier alpha value is -0.840. The van der Waals surface area contributed by atoms with Gasteiger partial charge in [0.25, 0.3) is 5.09 Å². The molecule has 5 nitrogen and oxygen atoms in total. The summed E-state index contributed by atoms with van der Waals surface area (Å²) in [6.45, 7) is 2.48. The third kappa shape index (κ3) is 2.22. The van der Waals surface area contributed by atoms with E-state index in [0.29, 0.717) is 11.3 Å². The van der Waals surface area contributed by atoms with Crippen molar-refractivity contribution in [2.24, 2.45) is 22.5 Å². The van der Waals surface area contributed by atoms with Crippen molar-refractivity contribution in [1.29, 1.82) is 0 Å². The zero-order valence-electron chi connectivity index (χ0n) is 11.7. The first kappa shape index (κ1) is 13.2. The van der Waals surface area contributed by atoms with Gasteiger partial charge >= 0.3 is 0 Å². The first-order valence-electron chi connectivity index (χ1n) is 7.45. The molecule has 0 saturated heterocycles. The molecular formula is C14H24N2O3. The second-order valence-electron chi connectivity index (χ2n) is 7.62. The van der Waals surface area contributed by atoms with E-state index >= 15 is 0 Å². The van der Waals surface area contributed by atoms with E-state index in [1.165, 1.54) is 19.3 Å². The molecule has 19 heavy (non-hydrogen) atoms. The van der Waals surface area contributed by atoms with Crippen LogP contribution in [-0.4, -0.2) is 17.2 Å². The molecule has 0 amide bonds. The Kier molecular flexibility index (Phi) is 2.82. The number of nitrogens with two attached hydrogens (primary N) is 1. The number of rotatable bonds is 5. The number of nitrogens with zero attached hydrogens (tertiary/aromatic N) is 1. The zero-order chi connectivity index (χ0) is 13.7. The summed E-state index contributed by atoms with van der Waals surface area (Å²) in [5, 5.41) is 9.89. The maximum Gasteiger partial charge on any atom is 0.294 e. The summed E-state index contributed by atoms with van der Waals surface area (Å²) < 4.78 is 0. The SMILES string of the molecule is CCCC12CC3CC(N)(C1)CC(CO[N+](=O)[O-])(C3)C2. The molecule has 0 spiro atoms. The Morgan fingerprint density at radius 2 is 1.95 bits per heavy atom. The summed E-state index contributed by atoms with van der Waals surface area (Å²) in [6.07, 6.45) is 8.96. The standard InChI is InChI=1S/C14H24N2O3/c1-2-3-12-4-11-5-13(7-12,10-19-16(17)18)9-14(15,6-11)8-12/h11H,2-10,15H2,1H3. The lowest BCUT2D eigenvalue weighted by atomic mass is 9.41. The van der Waals surface area contributed by atoms with Gasteiger partial charge in [-0.15, -0.1) is 10.1 Å². The van der Waals surface area contributed by atoms with Gasteiger partial charge in [0, 0.05) is 5.54 Å². The fraction of sp³-hybridized carbons (Fsp3) is 1.00. The minimum Gasteiger partial charge on any atom is -0.325 e. The van der Waals surface area contributed by atoms with E-state index in [0.717, 1.165) is 32.1 Å². The van der Waals surface area contributed by atoms with Crippen LogP contribution in [0.5, 0.6) is 0 Å². The van der Waals surface area contributed by atoms with Crippen LogP contribution in [0.2, 0.25) is 0 Å². The zero-order valence-corrected chi connectivity index (χ0v) is 11.7. The summed E-state index contributed by atoms with van der Waals surface area (Å²) in [5.74, 6) is 0.656. The van der Waals surface area contributed by atoms with E-state index < -0.39 is 5.09 Å². The number of hydrogen-bond donors (Lipinski definition) is 1. The van der Waals surface area contributed by atoms with Crippen LogP contribution in [-0.2, 0) is 4.84 Å². The lowest BCUT2D eigenvalue weighted by Gasteiger charge is -2.65. The molecular weight excluding hydrogens is 244 g/mol. The maximum absolute atomic E-state index is 10.5. The highest BCUT2D eigenvalue weighted by molar-refractivity contribution is 5.15. The van der Waals surface area contributed by atoms with Gasteiger partial charge in [-0.25, -0.2) is 0 Å². The molecule has 4 aliphatic rings. The number of hydrogen-bond acceptors (Lipinski definition) is 4. The van der Waals surface area contributed by atoms with Gasteiger partial charge in [0.1, 0.15) is 6.61 Å². The van der Waals surface area contributed by atoms with Crippen molar-refractivity contribution in [2.45, 2.75) is 63.8 Å². The van der Waals surface area contributed by atoms with Crippen molar-refractivity contribution < 1.29 is 9.92 Å². The van der Waals surface area contributed by atoms with Crippen molar-refractivity contribution in [3.63, 3.8) is 0 Å². The van der Waals surface area contributed by atoms with Gasteiger partial charge in [0.05, 0.1) is 0 Å². The van der Waals surface area contributed by atoms with E-state index in [2.05, 4.69) is 6.92 Å². The minimum absolute atomic E-state index is 0.0313. The van der Waals surface area contributed by atoms with E-state index in [-0.39, 0.29) is 17.6 Å². The fourth-order valence-electron chi connectivity index (χ4n) is 6.09. The summed E-state index contributed by atoms with van der Waals surface area (Å²) in [5.41, 5.74) is 6.82. The molecule has 0 aromatic carbocycles. The van der Waals surface area contributed by atoms with E-state index in [4.69, 9.17) is 10.6 Å². The van der Waals surface area contributed by atoms with E-state index in [1.54, 1.807) is 0 Å². The quantitative estimate of drug-likeness (QED) is 0.614. The van der Waals surface area contributed by atoms with Crippen LogP contribution in [0.3, 0.4) is 0 Å². The minimum atomic E-state index is -0.645. The summed E-state index contributed by atoms with van der Waals surface area (Å²) in [6, 6.07) is 0. The monoisotopic (exact) mass is 268 g/mol. The summed E-state index contributed by atoms with van der Waals surface area (Å²) in [4.78, 5) is 15.3. The largest absolute Gasteiger partial charge is 0.325 e. The molecule has 0 radical (unpaired) electrons. The van der Waals surface area contributed by atoms with Crippen LogP contribution < -0.4 is 5.73 Å². The predicted molar refractivity (Wildman–Crippen MR) is 70.8 cm³/mol. The predicted octanol–water partition coefficient (Wildman–Crippen LogP) is 2.66. The van der Waals surface area contributed by atoms with Crippen LogP contribution in [0.15, 0.2) is 0 Å². The highest BCUT2D eigenvalue weighted by atomic mass is 16.9. The van der Waals surface area contributed by atoms with Crippen LogP contribution >= 0.6 is 0 Å². The first-order chi connectivity index (χ1) is 8.88. The maximum atomic E-state index is 10.5. The molecule has 4 unspecified atom stereocenters. The van der Waals surface area contributed by atoms with Crippen LogP contribution in [0.25, 0.3) is 0 Å². The average molecular weight is 268 g/mol. The smallest absolute Gasteiger partial charge is 0.294 e. The Balaban J connectivity index is 1.84. The molecule has 4 aliphatic carbocycles. The highest BCUT2D eigenvalue weighted by Gasteiger charge is 2.61. The van der Waals surface area contributed by atoms with Crippen LogP contribution in [0.4, 0.5) is 0 Å². The molecule has 0 aromatic heterocycles. The Labute approximate surface area is 114 Å². The van der Waals surface area contributed by atoms with Crippen molar-refractivity contribution in [1.82, 2.24) is 0 Å². The highest BCUT2D eigenvalue weighted by Crippen LogP contribution is 2.67. The van der Waals surface area contributed by atoms with Crippen LogP contribution in [0.1, 0.15) is 58.3 Å². The second kappa shape index (κ2) is 4.08. The van der Waals surface area contributed by atoms with Gasteiger partial charge < -0.3 is 10.6 Å². The topological polar surface area (TPSA) is 78.4 Å². The molecule has 0 heterocycles. The van der Waals surface area contributed by atoms with Crippen LogP contribution in [0, 0.1) is 26.9 Å². The van der Waals surface area contributed by atoms with Gasteiger partial charge in [0.2, 0.25) is 0 Å². The van der Waals surface area contributed by atoms with Gasteiger partial charge in [-0.3, -0.25) is 0 Å². The molecule has 4 bridgehead atoms. The normalized spacial score (nSPS) is 47.4. The van der Waals surface area contributed by atoms with Crippen molar-refractivity contribution in [3.05, 3.63) is 10.1 Å². The van der Waals surface area contributed by atoms with Gasteiger partial charge in [-0.05, 0) is 61.7 Å². The Morgan fingerprint density at radius 1 is 1.26 bits per heavy atom. The van der Waals surface area contributed by atoms with Gasteiger partial charge in [-0.2, -0.15) is 0 Å². The average Bonchev–Trinajstić information content (AvgIpc) is 2.23. The van der Waals surface area contributed by atoms with Gasteiger partial charge in [0.15, 0.2) is 0 Å². The molecule has 0 aliphatic heterocycles. The summed E-state index contributed by atoms with van der Waals surface area (Å²) in [7, 11) is 0. The Morgan fingerprint density at radius 3 is 2.58 bits per heavy atom. The Bertz CT molecular complexity index is 402. The van der Waals surface area contributed by atoms with Crippen molar-refractivity contribution >= 4 is 0 Å². The van der Waals surface area contributed by atoms with Gasteiger partial charge in [-0.1, -0.05) is 13.3 Å². The summed E-state index contributed by atoms with van der Waals surface area (Å²) >= 11 is 0. The molecule has 4 atom stereocenters.